The molecule has 8 nitrogen and oxygen atoms in total. The Balaban J connectivity index is 1.19. The van der Waals surface area contributed by atoms with Gasteiger partial charge in [0.15, 0.2) is 5.76 Å². The molecular weight excluding hydrogens is 420 g/mol. The van der Waals surface area contributed by atoms with Gasteiger partial charge < -0.3 is 24.4 Å². The third-order valence-corrected chi connectivity index (χ3v) is 6.73. The maximum atomic E-state index is 9.80. The molecule has 3 N–H and O–H groups in total. The van der Waals surface area contributed by atoms with E-state index in [-0.39, 0.29) is 19.3 Å². The van der Waals surface area contributed by atoms with Crippen LogP contribution in [0.4, 0.5) is 0 Å². The van der Waals surface area contributed by atoms with Crippen molar-refractivity contribution in [3.8, 4) is 23.2 Å². The summed E-state index contributed by atoms with van der Waals surface area (Å²) in [6, 6.07) is 9.70. The number of hydrogen-bond donors (Lipinski definition) is 3. The number of fused-ring (bicyclic) bond motifs is 1. The molecule has 1 aromatic carbocycles. The Labute approximate surface area is 192 Å². The number of aliphatic hydroxyl groups excluding tert-OH is 3. The summed E-state index contributed by atoms with van der Waals surface area (Å²) in [4.78, 5) is 6.35. The van der Waals surface area contributed by atoms with Gasteiger partial charge in [0.25, 0.3) is 0 Å². The zero-order valence-corrected chi connectivity index (χ0v) is 18.5. The number of piperidine rings is 1. The molecule has 1 saturated heterocycles. The van der Waals surface area contributed by atoms with Crippen LogP contribution in [0.25, 0.3) is 11.3 Å². The lowest BCUT2D eigenvalue weighted by Crippen LogP contribution is -2.40. The fourth-order valence-corrected chi connectivity index (χ4v) is 4.76. The highest BCUT2D eigenvalue weighted by atomic mass is 16.5. The first-order chi connectivity index (χ1) is 16.1. The summed E-state index contributed by atoms with van der Waals surface area (Å²) in [5.74, 6) is 9.48. The highest BCUT2D eigenvalue weighted by molar-refractivity contribution is 5.59. The third kappa shape index (κ3) is 4.45. The van der Waals surface area contributed by atoms with Gasteiger partial charge in [0.05, 0.1) is 25.8 Å². The second-order valence-electron chi connectivity index (χ2n) is 8.94. The molecule has 2 aliphatic rings. The summed E-state index contributed by atoms with van der Waals surface area (Å²) >= 11 is 0. The standard InChI is InChI=1S/C25H28N4O4/c1-16(32)25-26-8-9-28(25)11-19-10-24(33-27-19)18-5-2-17(3-6-18)4-7-21-22-12-29(13-23(21)22)20(14-30)15-31/h2-3,5-6,8-10,16,20-23,30-32H,11-15H2,1H3/t16-,21-,22-,23+/m0/s1. The SMILES string of the molecule is C[C@H](O)c1nccn1Cc1cc(-c2ccc(C#C[C@@H]3[C@H]4CN(C(CO)CO)C[C@@H]34)cc2)on1. The molecule has 0 unspecified atom stereocenters. The summed E-state index contributed by atoms with van der Waals surface area (Å²) in [6.45, 7) is 3.97. The van der Waals surface area contributed by atoms with E-state index in [2.05, 4.69) is 26.9 Å². The molecule has 3 heterocycles. The molecule has 1 aliphatic carbocycles. The van der Waals surface area contributed by atoms with E-state index in [1.54, 1.807) is 13.1 Å². The number of aliphatic hydroxyl groups is 3. The molecular formula is C25H28N4O4. The fraction of sp³-hybridized carbons (Fsp3) is 0.440. The Morgan fingerprint density at radius 2 is 1.88 bits per heavy atom. The average Bonchev–Trinajstić information content (AvgIpc) is 3.31. The molecule has 0 spiro atoms. The summed E-state index contributed by atoms with van der Waals surface area (Å²) in [7, 11) is 0. The van der Waals surface area contributed by atoms with Crippen LogP contribution in [0.1, 0.15) is 30.1 Å². The second kappa shape index (κ2) is 9.12. The van der Waals surface area contributed by atoms with E-state index in [9.17, 15) is 15.3 Å². The number of hydrogen-bond acceptors (Lipinski definition) is 7. The lowest BCUT2D eigenvalue weighted by Gasteiger charge is -2.25. The van der Waals surface area contributed by atoms with E-state index >= 15 is 0 Å². The minimum atomic E-state index is -0.646. The van der Waals surface area contributed by atoms with Crippen molar-refractivity contribution in [3.63, 3.8) is 0 Å². The molecule has 1 saturated carbocycles. The zero-order valence-electron chi connectivity index (χ0n) is 18.5. The average molecular weight is 449 g/mol. The van der Waals surface area contributed by atoms with Crippen LogP contribution >= 0.6 is 0 Å². The Hall–Kier alpha value is -2.96. The first-order valence-electron chi connectivity index (χ1n) is 11.3. The Bertz CT molecular complexity index is 1140. The number of aromatic nitrogens is 3. The molecule has 1 aliphatic heterocycles. The lowest BCUT2D eigenvalue weighted by atomic mass is 10.1. The van der Waals surface area contributed by atoms with Gasteiger partial charge in [-0.05, 0) is 43.0 Å². The molecule has 4 atom stereocenters. The maximum absolute atomic E-state index is 9.80. The van der Waals surface area contributed by atoms with E-state index in [0.717, 1.165) is 29.9 Å². The molecule has 8 heteroatoms. The van der Waals surface area contributed by atoms with Gasteiger partial charge in [-0.2, -0.15) is 0 Å². The van der Waals surface area contributed by atoms with Gasteiger partial charge >= 0.3 is 0 Å². The normalized spacial score (nSPS) is 22.8. The van der Waals surface area contributed by atoms with Crippen molar-refractivity contribution in [2.45, 2.75) is 25.6 Å². The van der Waals surface area contributed by atoms with Crippen LogP contribution in [0.2, 0.25) is 0 Å². The Kier molecular flexibility index (Phi) is 6.04. The first kappa shape index (κ1) is 21.9. The van der Waals surface area contributed by atoms with Crippen LogP contribution in [0.3, 0.4) is 0 Å². The lowest BCUT2D eigenvalue weighted by molar-refractivity contribution is 0.0809. The van der Waals surface area contributed by atoms with E-state index in [0.29, 0.717) is 35.9 Å². The molecule has 0 bridgehead atoms. The van der Waals surface area contributed by atoms with Crippen LogP contribution in [0, 0.1) is 29.6 Å². The van der Waals surface area contributed by atoms with Crippen LogP contribution in [-0.2, 0) is 6.54 Å². The van der Waals surface area contributed by atoms with Gasteiger partial charge in [0.2, 0.25) is 0 Å². The van der Waals surface area contributed by atoms with Crippen LogP contribution in [-0.4, -0.2) is 67.3 Å². The Morgan fingerprint density at radius 3 is 2.55 bits per heavy atom. The van der Waals surface area contributed by atoms with Crippen LogP contribution < -0.4 is 0 Å². The summed E-state index contributed by atoms with van der Waals surface area (Å²) in [6.07, 6.45) is 2.83. The van der Waals surface area contributed by atoms with Gasteiger partial charge in [-0.1, -0.05) is 17.0 Å². The second-order valence-corrected chi connectivity index (χ2v) is 8.94. The Morgan fingerprint density at radius 1 is 1.15 bits per heavy atom. The summed E-state index contributed by atoms with van der Waals surface area (Å²) < 4.78 is 7.38. The molecule has 172 valence electrons. The first-order valence-corrected chi connectivity index (χ1v) is 11.3. The minimum Gasteiger partial charge on any atom is -0.395 e. The molecule has 0 radical (unpaired) electrons. The summed E-state index contributed by atoms with van der Waals surface area (Å²) in [5, 5.41) is 32.7. The molecule has 2 aromatic heterocycles. The van der Waals surface area contributed by atoms with Crippen molar-refractivity contribution in [3.05, 3.63) is 59.8 Å². The van der Waals surface area contributed by atoms with Crippen molar-refractivity contribution in [2.75, 3.05) is 26.3 Å². The third-order valence-electron chi connectivity index (χ3n) is 6.73. The maximum Gasteiger partial charge on any atom is 0.167 e. The number of benzene rings is 1. The van der Waals surface area contributed by atoms with Crippen molar-refractivity contribution in [2.24, 2.45) is 17.8 Å². The molecule has 3 aromatic rings. The molecule has 33 heavy (non-hydrogen) atoms. The quantitative estimate of drug-likeness (QED) is 0.471. The highest BCUT2D eigenvalue weighted by Gasteiger charge is 2.55. The van der Waals surface area contributed by atoms with E-state index in [1.165, 1.54) is 0 Å². The monoisotopic (exact) mass is 448 g/mol. The van der Waals surface area contributed by atoms with E-state index < -0.39 is 6.10 Å². The van der Waals surface area contributed by atoms with Gasteiger partial charge in [-0.3, -0.25) is 4.90 Å². The van der Waals surface area contributed by atoms with Gasteiger partial charge in [0, 0.05) is 48.6 Å². The van der Waals surface area contributed by atoms with Crippen LogP contribution in [0.5, 0.6) is 0 Å². The van der Waals surface area contributed by atoms with Gasteiger partial charge in [-0.15, -0.1) is 0 Å². The topological polar surface area (TPSA) is 108 Å². The molecule has 5 rings (SSSR count). The number of rotatable bonds is 7. The smallest absolute Gasteiger partial charge is 0.167 e. The number of likely N-dealkylation sites (tertiary alicyclic amines) is 1. The molecule has 2 fully saturated rings. The van der Waals surface area contributed by atoms with E-state index in [1.807, 2.05) is 41.1 Å². The van der Waals surface area contributed by atoms with Gasteiger partial charge in [-0.25, -0.2) is 4.98 Å². The van der Waals surface area contributed by atoms with Crippen molar-refractivity contribution in [1.29, 1.82) is 0 Å². The minimum absolute atomic E-state index is 0.00220. The van der Waals surface area contributed by atoms with Crippen molar-refractivity contribution >= 4 is 0 Å². The van der Waals surface area contributed by atoms with E-state index in [4.69, 9.17) is 4.52 Å². The number of nitrogens with zero attached hydrogens (tertiary/aromatic N) is 4. The largest absolute Gasteiger partial charge is 0.395 e. The predicted molar refractivity (Wildman–Crippen MR) is 121 cm³/mol. The predicted octanol–water partition coefficient (Wildman–Crippen LogP) is 1.52. The zero-order chi connectivity index (χ0) is 22.9. The van der Waals surface area contributed by atoms with Crippen molar-refractivity contribution < 1.29 is 19.8 Å². The highest BCUT2D eigenvalue weighted by Crippen LogP contribution is 2.51. The summed E-state index contributed by atoms with van der Waals surface area (Å²) in [5.41, 5.74) is 2.65. The fourth-order valence-electron chi connectivity index (χ4n) is 4.76. The van der Waals surface area contributed by atoms with Crippen molar-refractivity contribution in [1.82, 2.24) is 19.6 Å². The number of imidazole rings is 1. The van der Waals surface area contributed by atoms with Crippen LogP contribution in [0.15, 0.2) is 47.2 Å². The van der Waals surface area contributed by atoms with Gasteiger partial charge in [0.1, 0.15) is 17.6 Å². The molecule has 0 amide bonds.